The third-order valence-electron chi connectivity index (χ3n) is 3.75. The Bertz CT molecular complexity index is 359. The summed E-state index contributed by atoms with van der Waals surface area (Å²) in [5.41, 5.74) is 1.31. The normalized spacial score (nSPS) is 25.5. The lowest BCUT2D eigenvalue weighted by Gasteiger charge is -2.33. The molecule has 0 spiro atoms. The van der Waals surface area contributed by atoms with E-state index >= 15 is 0 Å². The van der Waals surface area contributed by atoms with Gasteiger partial charge in [0.05, 0.1) is 0 Å². The van der Waals surface area contributed by atoms with Crippen LogP contribution in [-0.4, -0.2) is 24.8 Å². The van der Waals surface area contributed by atoms with Crippen LogP contribution in [0.1, 0.15) is 31.2 Å². The number of halogens is 1. The minimum atomic E-state index is 0.0517. The van der Waals surface area contributed by atoms with Gasteiger partial charge in [-0.25, -0.2) is 0 Å². The zero-order chi connectivity index (χ0) is 12.1. The second-order valence-corrected chi connectivity index (χ2v) is 5.33. The molecule has 94 valence electrons. The van der Waals surface area contributed by atoms with Crippen LogP contribution in [0.25, 0.3) is 0 Å². The van der Waals surface area contributed by atoms with Gasteiger partial charge in [-0.2, -0.15) is 0 Å². The van der Waals surface area contributed by atoms with E-state index in [1.165, 1.54) is 18.4 Å². The van der Waals surface area contributed by atoms with Gasteiger partial charge in [0, 0.05) is 23.6 Å². The number of rotatable bonds is 3. The van der Waals surface area contributed by atoms with Gasteiger partial charge in [0.15, 0.2) is 0 Å². The molecule has 2 rings (SSSR count). The smallest absolute Gasteiger partial charge is 0.0440 e. The van der Waals surface area contributed by atoms with Crippen LogP contribution in [0.5, 0.6) is 0 Å². The van der Waals surface area contributed by atoms with E-state index in [2.05, 4.69) is 11.4 Å². The second-order valence-electron chi connectivity index (χ2n) is 4.90. The van der Waals surface area contributed by atoms with Gasteiger partial charge in [0.25, 0.3) is 0 Å². The van der Waals surface area contributed by atoms with Crippen LogP contribution in [0.4, 0.5) is 0 Å². The minimum Gasteiger partial charge on any atom is -0.396 e. The van der Waals surface area contributed by atoms with Crippen LogP contribution in [-0.2, 0) is 5.41 Å². The summed E-state index contributed by atoms with van der Waals surface area (Å²) in [4.78, 5) is 0. The van der Waals surface area contributed by atoms with E-state index in [0.717, 1.165) is 31.0 Å². The van der Waals surface area contributed by atoms with E-state index in [-0.39, 0.29) is 12.0 Å². The molecule has 3 heteroatoms. The maximum Gasteiger partial charge on any atom is 0.0440 e. The van der Waals surface area contributed by atoms with Crippen molar-refractivity contribution in [3.05, 3.63) is 34.9 Å². The molecule has 1 aromatic rings. The number of hydrogen-bond donors (Lipinski definition) is 2. The van der Waals surface area contributed by atoms with Crippen LogP contribution in [0.3, 0.4) is 0 Å². The lowest BCUT2D eigenvalue weighted by molar-refractivity contribution is 0.228. The molecule has 0 amide bonds. The second kappa shape index (κ2) is 5.85. The molecule has 1 unspecified atom stereocenters. The maximum absolute atomic E-state index is 9.35. The average Bonchev–Trinajstić information content (AvgIpc) is 2.56. The summed E-state index contributed by atoms with van der Waals surface area (Å²) < 4.78 is 0. The lowest BCUT2D eigenvalue weighted by atomic mass is 9.74. The molecule has 2 nitrogen and oxygen atoms in total. The van der Waals surface area contributed by atoms with E-state index in [9.17, 15) is 5.11 Å². The fourth-order valence-corrected chi connectivity index (χ4v) is 2.96. The van der Waals surface area contributed by atoms with Crippen LogP contribution in [0.15, 0.2) is 24.3 Å². The van der Waals surface area contributed by atoms with E-state index < -0.39 is 0 Å². The molecule has 1 fully saturated rings. The van der Waals surface area contributed by atoms with Crippen LogP contribution >= 0.6 is 11.6 Å². The predicted octanol–water partition coefficient (Wildman–Crippen LogP) is 2.73. The molecule has 0 aromatic heterocycles. The highest BCUT2D eigenvalue weighted by Gasteiger charge is 2.32. The lowest BCUT2D eigenvalue weighted by Crippen LogP contribution is -2.37. The quantitative estimate of drug-likeness (QED) is 0.868. The molecule has 1 aliphatic heterocycles. The summed E-state index contributed by atoms with van der Waals surface area (Å²) >= 11 is 6.08. The van der Waals surface area contributed by atoms with Gasteiger partial charge in [-0.1, -0.05) is 30.2 Å². The molecule has 1 aromatic carbocycles. The fraction of sp³-hybridized carbons (Fsp3) is 0.571. The Morgan fingerprint density at radius 3 is 3.00 bits per heavy atom. The van der Waals surface area contributed by atoms with Crippen molar-refractivity contribution in [3.63, 3.8) is 0 Å². The Morgan fingerprint density at radius 2 is 2.24 bits per heavy atom. The molecule has 1 atom stereocenters. The van der Waals surface area contributed by atoms with E-state index in [1.807, 2.05) is 18.2 Å². The Morgan fingerprint density at radius 1 is 1.35 bits per heavy atom. The molecule has 0 saturated carbocycles. The summed E-state index contributed by atoms with van der Waals surface area (Å²) in [6.45, 7) is 2.25. The van der Waals surface area contributed by atoms with Crippen molar-refractivity contribution >= 4 is 11.6 Å². The number of nitrogens with one attached hydrogen (secondary N) is 1. The maximum atomic E-state index is 9.35. The number of benzene rings is 1. The minimum absolute atomic E-state index is 0.0517. The molecule has 2 N–H and O–H groups in total. The molecule has 0 aliphatic carbocycles. The third-order valence-corrected chi connectivity index (χ3v) is 3.98. The summed E-state index contributed by atoms with van der Waals surface area (Å²) in [5, 5.41) is 13.6. The van der Waals surface area contributed by atoms with Gasteiger partial charge < -0.3 is 10.4 Å². The topological polar surface area (TPSA) is 32.3 Å². The van der Waals surface area contributed by atoms with Crippen molar-refractivity contribution in [1.29, 1.82) is 0 Å². The first-order chi connectivity index (χ1) is 8.27. The summed E-state index contributed by atoms with van der Waals surface area (Å²) in [6.07, 6.45) is 4.36. The zero-order valence-electron chi connectivity index (χ0n) is 10.1. The van der Waals surface area contributed by atoms with Gasteiger partial charge >= 0.3 is 0 Å². The van der Waals surface area contributed by atoms with Gasteiger partial charge in [0.1, 0.15) is 0 Å². The van der Waals surface area contributed by atoms with Gasteiger partial charge in [-0.05, 0) is 43.5 Å². The highest BCUT2D eigenvalue weighted by molar-refractivity contribution is 6.30. The van der Waals surface area contributed by atoms with Crippen LogP contribution < -0.4 is 5.32 Å². The van der Waals surface area contributed by atoms with Crippen molar-refractivity contribution in [3.8, 4) is 0 Å². The molecule has 0 bridgehead atoms. The predicted molar refractivity (Wildman–Crippen MR) is 71.6 cm³/mol. The third kappa shape index (κ3) is 3.01. The first kappa shape index (κ1) is 12.9. The van der Waals surface area contributed by atoms with E-state index in [4.69, 9.17) is 11.6 Å². The molecular weight excluding hydrogens is 234 g/mol. The van der Waals surface area contributed by atoms with Gasteiger partial charge in [-0.15, -0.1) is 0 Å². The summed E-state index contributed by atoms with van der Waals surface area (Å²) in [6, 6.07) is 8.09. The zero-order valence-corrected chi connectivity index (χ0v) is 10.8. The van der Waals surface area contributed by atoms with Crippen LogP contribution in [0.2, 0.25) is 5.02 Å². The van der Waals surface area contributed by atoms with Crippen molar-refractivity contribution < 1.29 is 5.11 Å². The molecule has 17 heavy (non-hydrogen) atoms. The van der Waals surface area contributed by atoms with Crippen LogP contribution in [0, 0.1) is 0 Å². The van der Waals surface area contributed by atoms with Crippen molar-refractivity contribution in [1.82, 2.24) is 5.32 Å². The Hall–Kier alpha value is -0.570. The standard InChI is InChI=1S/C14H20ClNO/c15-13-5-3-4-12(10-13)14(7-9-17)6-1-2-8-16-11-14/h3-5,10,16-17H,1-2,6-9,11H2. The number of aliphatic hydroxyl groups is 1. The Kier molecular flexibility index (Phi) is 4.43. The summed E-state index contributed by atoms with van der Waals surface area (Å²) in [5.74, 6) is 0. The highest BCUT2D eigenvalue weighted by atomic mass is 35.5. The molecule has 1 heterocycles. The molecule has 0 radical (unpaired) electrons. The van der Waals surface area contributed by atoms with E-state index in [1.54, 1.807) is 0 Å². The van der Waals surface area contributed by atoms with Gasteiger partial charge in [0.2, 0.25) is 0 Å². The first-order valence-electron chi connectivity index (χ1n) is 6.34. The fourth-order valence-electron chi connectivity index (χ4n) is 2.77. The van der Waals surface area contributed by atoms with Crippen molar-refractivity contribution in [2.75, 3.05) is 19.7 Å². The largest absolute Gasteiger partial charge is 0.396 e. The average molecular weight is 254 g/mol. The number of hydrogen-bond acceptors (Lipinski definition) is 2. The first-order valence-corrected chi connectivity index (χ1v) is 6.72. The Labute approximate surface area is 108 Å². The van der Waals surface area contributed by atoms with Crippen molar-refractivity contribution in [2.24, 2.45) is 0 Å². The molecular formula is C14H20ClNO. The van der Waals surface area contributed by atoms with Gasteiger partial charge in [-0.3, -0.25) is 0 Å². The van der Waals surface area contributed by atoms with E-state index in [0.29, 0.717) is 0 Å². The highest BCUT2D eigenvalue weighted by Crippen LogP contribution is 2.35. The molecule has 1 saturated heterocycles. The monoisotopic (exact) mass is 253 g/mol. The SMILES string of the molecule is OCCC1(c2cccc(Cl)c2)CCCCNC1. The summed E-state index contributed by atoms with van der Waals surface area (Å²) in [7, 11) is 0. The Balaban J connectivity index is 2.31. The number of aliphatic hydroxyl groups excluding tert-OH is 1. The molecule has 1 aliphatic rings. The van der Waals surface area contributed by atoms with Crippen molar-refractivity contribution in [2.45, 2.75) is 31.1 Å².